The van der Waals surface area contributed by atoms with Crippen molar-refractivity contribution in [2.24, 2.45) is 0 Å². The zero-order chi connectivity index (χ0) is 20.2. The van der Waals surface area contributed by atoms with Crippen LogP contribution >= 0.6 is 0 Å². The molecule has 0 fully saturated rings. The maximum absolute atomic E-state index is 12.4. The predicted molar refractivity (Wildman–Crippen MR) is 105 cm³/mol. The first-order chi connectivity index (χ1) is 12.6. The van der Waals surface area contributed by atoms with E-state index in [9.17, 15) is 13.2 Å². The summed E-state index contributed by atoms with van der Waals surface area (Å²) < 4.78 is 25.9. The maximum Gasteiger partial charge on any atom is 0.243 e. The average Bonchev–Trinajstić information content (AvgIpc) is 2.62. The molecule has 0 atom stereocenters. The number of nitrogens with one attached hydrogen (secondary N) is 2. The molecule has 2 aromatic carbocycles. The molecule has 0 saturated heterocycles. The first kappa shape index (κ1) is 20.4. The van der Waals surface area contributed by atoms with Gasteiger partial charge < -0.3 is 10.6 Å². The summed E-state index contributed by atoms with van der Waals surface area (Å²) in [6, 6.07) is 11.8. The lowest BCUT2D eigenvalue weighted by molar-refractivity contribution is -0.114. The number of carbonyl (C=O) groups excluding carboxylic acids is 1. The van der Waals surface area contributed by atoms with Crippen molar-refractivity contribution < 1.29 is 13.2 Å². The summed E-state index contributed by atoms with van der Waals surface area (Å²) in [5.41, 5.74) is 3.23. The van der Waals surface area contributed by atoms with Crippen LogP contribution in [0.5, 0.6) is 0 Å². The Labute approximate surface area is 159 Å². The molecule has 0 radical (unpaired) electrons. The molecule has 0 spiro atoms. The molecule has 0 aliphatic carbocycles. The second-order valence-corrected chi connectivity index (χ2v) is 8.45. The first-order valence-electron chi connectivity index (χ1n) is 8.23. The molecule has 0 unspecified atom stereocenters. The van der Waals surface area contributed by atoms with E-state index in [1.807, 2.05) is 19.9 Å². The molecule has 1 amide bonds. The first-order valence-corrected chi connectivity index (χ1v) is 9.67. The Morgan fingerprint density at radius 3 is 2.52 bits per heavy atom. The highest BCUT2D eigenvalue weighted by Gasteiger charge is 2.19. The lowest BCUT2D eigenvalue weighted by Gasteiger charge is -2.17. The third kappa shape index (κ3) is 4.84. The predicted octanol–water partition coefficient (Wildman–Crippen LogP) is 2.48. The number of sulfonamides is 1. The molecule has 142 valence electrons. The van der Waals surface area contributed by atoms with Crippen LogP contribution in [0.1, 0.15) is 16.7 Å². The lowest BCUT2D eigenvalue weighted by atomic mass is 10.1. The molecule has 2 rings (SSSR count). The minimum atomic E-state index is -3.57. The second-order valence-electron chi connectivity index (χ2n) is 6.29. The molecule has 27 heavy (non-hydrogen) atoms. The van der Waals surface area contributed by atoms with Gasteiger partial charge in [-0.05, 0) is 55.3 Å². The van der Waals surface area contributed by atoms with E-state index in [2.05, 4.69) is 10.6 Å². The second kappa shape index (κ2) is 8.20. The summed E-state index contributed by atoms with van der Waals surface area (Å²) in [6.07, 6.45) is 0. The SMILES string of the molecule is Cc1cc(S(=O)(=O)N(C)C)cc(NCC(=O)Nc2cccc(C#N)c2)c1C. The van der Waals surface area contributed by atoms with Crippen molar-refractivity contribution in [3.05, 3.63) is 53.1 Å². The van der Waals surface area contributed by atoms with E-state index in [-0.39, 0.29) is 17.3 Å². The van der Waals surface area contributed by atoms with E-state index < -0.39 is 10.0 Å². The fourth-order valence-electron chi connectivity index (χ4n) is 2.42. The fraction of sp³-hybridized carbons (Fsp3) is 0.263. The van der Waals surface area contributed by atoms with Gasteiger partial charge in [0.15, 0.2) is 0 Å². The fourth-order valence-corrected chi connectivity index (χ4v) is 3.43. The zero-order valence-corrected chi connectivity index (χ0v) is 16.5. The summed E-state index contributed by atoms with van der Waals surface area (Å²) in [5.74, 6) is -0.303. The minimum Gasteiger partial charge on any atom is -0.376 e. The highest BCUT2D eigenvalue weighted by Crippen LogP contribution is 2.25. The topological polar surface area (TPSA) is 102 Å². The van der Waals surface area contributed by atoms with Gasteiger partial charge in [0.05, 0.1) is 23.1 Å². The summed E-state index contributed by atoms with van der Waals surface area (Å²) in [5, 5.41) is 14.6. The Hall–Kier alpha value is -2.89. The number of benzene rings is 2. The third-order valence-electron chi connectivity index (χ3n) is 4.13. The highest BCUT2D eigenvalue weighted by atomic mass is 32.2. The number of nitriles is 1. The van der Waals surface area contributed by atoms with Crippen molar-refractivity contribution in [3.63, 3.8) is 0 Å². The number of carbonyl (C=O) groups is 1. The Kier molecular flexibility index (Phi) is 6.20. The van der Waals surface area contributed by atoms with Crippen LogP contribution < -0.4 is 10.6 Å². The molecule has 0 bridgehead atoms. The molecule has 2 aromatic rings. The quantitative estimate of drug-likeness (QED) is 0.794. The minimum absolute atomic E-state index is 0.0392. The van der Waals surface area contributed by atoms with Crippen LogP contribution in [0.15, 0.2) is 41.3 Å². The number of anilines is 2. The summed E-state index contributed by atoms with van der Waals surface area (Å²) >= 11 is 0. The van der Waals surface area contributed by atoms with Gasteiger partial charge in [-0.25, -0.2) is 12.7 Å². The van der Waals surface area contributed by atoms with Crippen LogP contribution in [0.2, 0.25) is 0 Å². The normalized spacial score (nSPS) is 11.1. The molecule has 0 aliphatic rings. The molecule has 7 nitrogen and oxygen atoms in total. The van der Waals surface area contributed by atoms with E-state index >= 15 is 0 Å². The highest BCUT2D eigenvalue weighted by molar-refractivity contribution is 7.89. The number of hydrogen-bond acceptors (Lipinski definition) is 5. The van der Waals surface area contributed by atoms with Crippen molar-refractivity contribution in [1.82, 2.24) is 4.31 Å². The number of hydrogen-bond donors (Lipinski definition) is 2. The van der Waals surface area contributed by atoms with Gasteiger partial charge in [0.2, 0.25) is 15.9 Å². The maximum atomic E-state index is 12.4. The largest absolute Gasteiger partial charge is 0.376 e. The molecule has 0 saturated carbocycles. The summed E-state index contributed by atoms with van der Waals surface area (Å²) in [4.78, 5) is 12.4. The molecular weight excluding hydrogens is 364 g/mol. The van der Waals surface area contributed by atoms with Crippen LogP contribution in [0.3, 0.4) is 0 Å². The molecule has 8 heteroatoms. The monoisotopic (exact) mass is 386 g/mol. The average molecular weight is 386 g/mol. The molecule has 0 aromatic heterocycles. The van der Waals surface area contributed by atoms with E-state index in [0.29, 0.717) is 16.9 Å². The standard InChI is InChI=1S/C19H22N4O3S/c1-13-8-17(27(25,26)23(3)4)10-18(14(13)2)21-12-19(24)22-16-7-5-6-15(9-16)11-20/h5-10,21H,12H2,1-4H3,(H,22,24). The molecule has 2 N–H and O–H groups in total. The van der Waals surface area contributed by atoms with E-state index in [0.717, 1.165) is 15.4 Å². The van der Waals surface area contributed by atoms with E-state index in [4.69, 9.17) is 5.26 Å². The van der Waals surface area contributed by atoms with Crippen LogP contribution in [-0.4, -0.2) is 39.3 Å². The van der Waals surface area contributed by atoms with Crippen molar-refractivity contribution in [1.29, 1.82) is 5.26 Å². The van der Waals surface area contributed by atoms with E-state index in [1.54, 1.807) is 30.3 Å². The smallest absolute Gasteiger partial charge is 0.243 e. The number of rotatable bonds is 6. The summed E-state index contributed by atoms with van der Waals surface area (Å²) in [7, 11) is -0.626. The van der Waals surface area contributed by atoms with Gasteiger partial charge in [-0.1, -0.05) is 6.07 Å². The molecular formula is C19H22N4O3S. The van der Waals surface area contributed by atoms with Crippen molar-refractivity contribution >= 4 is 27.3 Å². The Balaban J connectivity index is 2.16. The van der Waals surface area contributed by atoms with Crippen LogP contribution in [0.25, 0.3) is 0 Å². The summed E-state index contributed by atoms with van der Waals surface area (Å²) in [6.45, 7) is 3.64. The van der Waals surface area contributed by atoms with Crippen LogP contribution in [0.4, 0.5) is 11.4 Å². The van der Waals surface area contributed by atoms with Crippen molar-refractivity contribution in [2.75, 3.05) is 31.3 Å². The van der Waals surface area contributed by atoms with Crippen LogP contribution in [-0.2, 0) is 14.8 Å². The van der Waals surface area contributed by atoms with Gasteiger partial charge in [0, 0.05) is 25.5 Å². The Bertz CT molecular complexity index is 1010. The Morgan fingerprint density at radius 1 is 1.19 bits per heavy atom. The Morgan fingerprint density at radius 2 is 1.89 bits per heavy atom. The third-order valence-corrected chi connectivity index (χ3v) is 5.93. The van der Waals surface area contributed by atoms with Crippen LogP contribution in [0, 0.1) is 25.2 Å². The van der Waals surface area contributed by atoms with Gasteiger partial charge in [0.25, 0.3) is 0 Å². The van der Waals surface area contributed by atoms with Gasteiger partial charge >= 0.3 is 0 Å². The van der Waals surface area contributed by atoms with Gasteiger partial charge in [0.1, 0.15) is 0 Å². The lowest BCUT2D eigenvalue weighted by Crippen LogP contribution is -2.24. The van der Waals surface area contributed by atoms with Gasteiger partial charge in [-0.15, -0.1) is 0 Å². The van der Waals surface area contributed by atoms with Crippen molar-refractivity contribution in [3.8, 4) is 6.07 Å². The number of aryl methyl sites for hydroxylation is 1. The number of nitrogens with zero attached hydrogens (tertiary/aromatic N) is 2. The number of amides is 1. The van der Waals surface area contributed by atoms with Gasteiger partial charge in [-0.2, -0.15) is 5.26 Å². The zero-order valence-electron chi connectivity index (χ0n) is 15.7. The van der Waals surface area contributed by atoms with Crippen molar-refractivity contribution in [2.45, 2.75) is 18.7 Å². The van der Waals surface area contributed by atoms with E-state index in [1.165, 1.54) is 20.2 Å². The van der Waals surface area contributed by atoms with Gasteiger partial charge in [-0.3, -0.25) is 4.79 Å². The molecule has 0 aliphatic heterocycles. The molecule has 0 heterocycles.